The van der Waals surface area contributed by atoms with Crippen LogP contribution in [0.2, 0.25) is 0 Å². The standard InChI is InChI=1S/C19H16O5/c1-22-19(21)17-15(16-8-4-12-24-16)10-9-13(18(17)20)5-2-6-14-7-3-11-23-14/h2-4,6-12,20H,5H2,1H3/b6-2+. The molecule has 1 aromatic carbocycles. The topological polar surface area (TPSA) is 72.8 Å². The number of esters is 1. The lowest BCUT2D eigenvalue weighted by Gasteiger charge is -2.11. The van der Waals surface area contributed by atoms with E-state index in [0.29, 0.717) is 23.3 Å². The number of benzene rings is 1. The van der Waals surface area contributed by atoms with Gasteiger partial charge in [0.2, 0.25) is 0 Å². The lowest BCUT2D eigenvalue weighted by Crippen LogP contribution is -2.05. The molecular weight excluding hydrogens is 308 g/mol. The van der Waals surface area contributed by atoms with Gasteiger partial charge in [-0.05, 0) is 48.4 Å². The van der Waals surface area contributed by atoms with Gasteiger partial charge in [-0.3, -0.25) is 0 Å². The van der Waals surface area contributed by atoms with E-state index in [4.69, 9.17) is 13.6 Å². The fourth-order valence-electron chi connectivity index (χ4n) is 2.43. The highest BCUT2D eigenvalue weighted by atomic mass is 16.5. The van der Waals surface area contributed by atoms with E-state index in [1.165, 1.54) is 13.4 Å². The maximum atomic E-state index is 12.1. The fraction of sp³-hybridized carbons (Fsp3) is 0.105. The Morgan fingerprint density at radius 2 is 1.96 bits per heavy atom. The third kappa shape index (κ3) is 3.10. The van der Waals surface area contributed by atoms with Crippen LogP contribution < -0.4 is 0 Å². The second-order valence-electron chi connectivity index (χ2n) is 5.09. The summed E-state index contributed by atoms with van der Waals surface area (Å²) < 4.78 is 15.3. The number of furan rings is 2. The molecule has 0 aliphatic carbocycles. The van der Waals surface area contributed by atoms with Crippen molar-refractivity contribution in [3.05, 3.63) is 71.9 Å². The fourth-order valence-corrected chi connectivity index (χ4v) is 2.43. The molecule has 0 aliphatic rings. The highest BCUT2D eigenvalue weighted by Crippen LogP contribution is 2.34. The minimum atomic E-state index is -0.615. The minimum Gasteiger partial charge on any atom is -0.507 e. The third-order valence-electron chi connectivity index (χ3n) is 3.60. The van der Waals surface area contributed by atoms with Crippen LogP contribution in [0.25, 0.3) is 17.4 Å². The molecule has 122 valence electrons. The molecule has 0 amide bonds. The number of hydrogen-bond acceptors (Lipinski definition) is 5. The summed E-state index contributed by atoms with van der Waals surface area (Å²) in [7, 11) is 1.27. The van der Waals surface area contributed by atoms with E-state index in [0.717, 1.165) is 5.76 Å². The lowest BCUT2D eigenvalue weighted by atomic mass is 9.98. The zero-order valence-electron chi connectivity index (χ0n) is 13.1. The molecule has 5 nitrogen and oxygen atoms in total. The van der Waals surface area contributed by atoms with Crippen LogP contribution in [0, 0.1) is 0 Å². The largest absolute Gasteiger partial charge is 0.507 e. The Hall–Kier alpha value is -3.21. The van der Waals surface area contributed by atoms with Gasteiger partial charge in [0.25, 0.3) is 0 Å². The van der Waals surface area contributed by atoms with Gasteiger partial charge >= 0.3 is 5.97 Å². The molecule has 0 radical (unpaired) electrons. The molecule has 2 aromatic heterocycles. The molecule has 3 aromatic rings. The maximum Gasteiger partial charge on any atom is 0.342 e. The molecule has 0 fully saturated rings. The molecule has 0 unspecified atom stereocenters. The number of rotatable bonds is 5. The molecule has 24 heavy (non-hydrogen) atoms. The number of phenolic OH excluding ortho intramolecular Hbond substituents is 1. The first-order chi connectivity index (χ1) is 11.7. The van der Waals surface area contributed by atoms with Gasteiger partial charge in [0.05, 0.1) is 19.6 Å². The van der Waals surface area contributed by atoms with Gasteiger partial charge in [0.15, 0.2) is 0 Å². The minimum absolute atomic E-state index is 0.0938. The second kappa shape index (κ2) is 6.91. The van der Waals surface area contributed by atoms with Crippen molar-refractivity contribution in [3.8, 4) is 17.1 Å². The monoisotopic (exact) mass is 324 g/mol. The molecule has 0 saturated carbocycles. The van der Waals surface area contributed by atoms with Gasteiger partial charge in [-0.2, -0.15) is 0 Å². The average Bonchev–Trinajstić information content (AvgIpc) is 3.29. The van der Waals surface area contributed by atoms with Gasteiger partial charge in [-0.1, -0.05) is 12.1 Å². The lowest BCUT2D eigenvalue weighted by molar-refractivity contribution is 0.0598. The van der Waals surface area contributed by atoms with E-state index < -0.39 is 5.97 Å². The number of ether oxygens (including phenoxy) is 1. The summed E-state index contributed by atoms with van der Waals surface area (Å²) >= 11 is 0. The summed E-state index contributed by atoms with van der Waals surface area (Å²) in [6.45, 7) is 0. The van der Waals surface area contributed by atoms with Crippen molar-refractivity contribution < 1.29 is 23.5 Å². The summed E-state index contributed by atoms with van der Waals surface area (Å²) in [5.74, 6) is 0.480. The third-order valence-corrected chi connectivity index (χ3v) is 3.60. The van der Waals surface area contributed by atoms with Crippen molar-refractivity contribution in [1.82, 2.24) is 0 Å². The highest BCUT2D eigenvalue weighted by Gasteiger charge is 2.22. The number of hydrogen-bond donors (Lipinski definition) is 1. The van der Waals surface area contributed by atoms with Crippen LogP contribution in [0.1, 0.15) is 21.7 Å². The van der Waals surface area contributed by atoms with Crippen LogP contribution in [0.15, 0.2) is 63.8 Å². The van der Waals surface area contributed by atoms with E-state index in [1.807, 2.05) is 12.1 Å². The van der Waals surface area contributed by atoms with Gasteiger partial charge in [0.1, 0.15) is 22.8 Å². The van der Waals surface area contributed by atoms with Crippen molar-refractivity contribution in [1.29, 1.82) is 0 Å². The second-order valence-corrected chi connectivity index (χ2v) is 5.09. The van der Waals surface area contributed by atoms with E-state index >= 15 is 0 Å². The van der Waals surface area contributed by atoms with Crippen molar-refractivity contribution in [2.24, 2.45) is 0 Å². The number of methoxy groups -OCH3 is 1. The SMILES string of the molecule is COC(=O)c1c(-c2ccco2)ccc(C/C=C/c2ccco2)c1O. The summed E-state index contributed by atoms with van der Waals surface area (Å²) in [4.78, 5) is 12.1. The van der Waals surface area contributed by atoms with Crippen LogP contribution >= 0.6 is 0 Å². The van der Waals surface area contributed by atoms with Gasteiger partial charge in [-0.15, -0.1) is 0 Å². The summed E-state index contributed by atoms with van der Waals surface area (Å²) in [5.41, 5.74) is 1.19. The molecule has 0 saturated heterocycles. The Balaban J connectivity index is 1.95. The molecule has 3 rings (SSSR count). The van der Waals surface area contributed by atoms with Crippen molar-refractivity contribution in [2.75, 3.05) is 7.11 Å². The Morgan fingerprint density at radius 1 is 1.17 bits per heavy atom. The van der Waals surface area contributed by atoms with E-state index in [9.17, 15) is 9.90 Å². The smallest absolute Gasteiger partial charge is 0.342 e. The molecule has 0 spiro atoms. The van der Waals surface area contributed by atoms with Crippen LogP contribution in [-0.4, -0.2) is 18.2 Å². The molecule has 0 aliphatic heterocycles. The predicted octanol–water partition coefficient (Wildman–Crippen LogP) is 4.29. The van der Waals surface area contributed by atoms with Crippen LogP contribution in [0.4, 0.5) is 0 Å². The first-order valence-corrected chi connectivity index (χ1v) is 7.37. The molecule has 0 bridgehead atoms. The van der Waals surface area contributed by atoms with Crippen molar-refractivity contribution in [2.45, 2.75) is 6.42 Å². The molecule has 1 N–H and O–H groups in total. The highest BCUT2D eigenvalue weighted by molar-refractivity contribution is 5.99. The normalized spacial score (nSPS) is 11.0. The molecular formula is C19H16O5. The van der Waals surface area contributed by atoms with Crippen molar-refractivity contribution in [3.63, 3.8) is 0 Å². The van der Waals surface area contributed by atoms with Crippen LogP contribution in [-0.2, 0) is 11.2 Å². The molecule has 5 heteroatoms. The Kier molecular flexibility index (Phi) is 4.52. The predicted molar refractivity (Wildman–Crippen MR) is 88.6 cm³/mol. The Morgan fingerprint density at radius 3 is 2.62 bits per heavy atom. The zero-order valence-corrected chi connectivity index (χ0v) is 13.1. The maximum absolute atomic E-state index is 12.1. The van der Waals surface area contributed by atoms with E-state index in [2.05, 4.69) is 0 Å². The van der Waals surface area contributed by atoms with Gasteiger partial charge in [-0.25, -0.2) is 4.79 Å². The summed E-state index contributed by atoms with van der Waals surface area (Å²) in [5, 5.41) is 10.5. The number of allylic oxidation sites excluding steroid dienone is 1. The molecule has 2 heterocycles. The summed E-state index contributed by atoms with van der Waals surface area (Å²) in [6.07, 6.45) is 7.19. The summed E-state index contributed by atoms with van der Waals surface area (Å²) in [6, 6.07) is 10.6. The van der Waals surface area contributed by atoms with E-state index in [-0.39, 0.29) is 11.3 Å². The Labute approximate surface area is 138 Å². The van der Waals surface area contributed by atoms with Crippen LogP contribution in [0.5, 0.6) is 5.75 Å². The van der Waals surface area contributed by atoms with Crippen LogP contribution in [0.3, 0.4) is 0 Å². The quantitative estimate of drug-likeness (QED) is 0.709. The van der Waals surface area contributed by atoms with Gasteiger partial charge in [0, 0.05) is 5.56 Å². The first kappa shape index (κ1) is 15.7. The average molecular weight is 324 g/mol. The van der Waals surface area contributed by atoms with Crippen molar-refractivity contribution >= 4 is 12.0 Å². The number of phenols is 1. The number of aromatic hydroxyl groups is 1. The van der Waals surface area contributed by atoms with Gasteiger partial charge < -0.3 is 18.7 Å². The molecule has 0 atom stereocenters. The number of carbonyl (C=O) groups is 1. The zero-order chi connectivity index (χ0) is 16.9. The number of carbonyl (C=O) groups excluding carboxylic acids is 1. The van der Waals surface area contributed by atoms with E-state index in [1.54, 1.807) is 42.7 Å². The first-order valence-electron chi connectivity index (χ1n) is 7.37. The Bertz CT molecular complexity index is 842.